The lowest BCUT2D eigenvalue weighted by molar-refractivity contribution is 0.0947. The van der Waals surface area contributed by atoms with Crippen molar-refractivity contribution in [2.45, 2.75) is 13.5 Å². The van der Waals surface area contributed by atoms with Crippen LogP contribution >= 0.6 is 15.9 Å². The molecule has 0 saturated heterocycles. The maximum Gasteiger partial charge on any atom is 0.254 e. The molecule has 1 amide bonds. The number of benzene rings is 1. The van der Waals surface area contributed by atoms with E-state index >= 15 is 0 Å². The highest BCUT2D eigenvalue weighted by Gasteiger charge is 2.11. The number of amides is 1. The molecular weight excluding hydrogens is 311 g/mol. The molecule has 1 aromatic carbocycles. The van der Waals surface area contributed by atoms with E-state index in [2.05, 4.69) is 26.2 Å². The Balaban J connectivity index is 2.08. The van der Waals surface area contributed by atoms with Crippen molar-refractivity contribution in [2.75, 3.05) is 0 Å². The largest absolute Gasteiger partial charge is 0.348 e. The molecule has 1 N–H and O–H groups in total. The second-order valence-corrected chi connectivity index (χ2v) is 5.02. The van der Waals surface area contributed by atoms with Gasteiger partial charge in [-0.3, -0.25) is 9.78 Å². The van der Waals surface area contributed by atoms with Gasteiger partial charge in [0.2, 0.25) is 0 Å². The van der Waals surface area contributed by atoms with Crippen LogP contribution in [0.4, 0.5) is 4.39 Å². The van der Waals surface area contributed by atoms with E-state index in [0.717, 1.165) is 11.1 Å². The fraction of sp³-hybridized carbons (Fsp3) is 0.143. The highest BCUT2D eigenvalue weighted by molar-refractivity contribution is 9.10. The van der Waals surface area contributed by atoms with E-state index in [9.17, 15) is 9.18 Å². The maximum absolute atomic E-state index is 13.6. The van der Waals surface area contributed by atoms with E-state index in [1.807, 2.05) is 13.0 Å². The molecule has 0 atom stereocenters. The lowest BCUT2D eigenvalue weighted by Crippen LogP contribution is -2.24. The first-order valence-corrected chi connectivity index (χ1v) is 6.50. The minimum Gasteiger partial charge on any atom is -0.348 e. The van der Waals surface area contributed by atoms with Gasteiger partial charge in [0, 0.05) is 23.4 Å². The van der Waals surface area contributed by atoms with Crippen molar-refractivity contribution in [1.29, 1.82) is 0 Å². The monoisotopic (exact) mass is 322 g/mol. The second kappa shape index (κ2) is 5.93. The van der Waals surface area contributed by atoms with E-state index in [1.165, 1.54) is 12.1 Å². The van der Waals surface area contributed by atoms with Crippen molar-refractivity contribution in [3.05, 3.63) is 63.6 Å². The Morgan fingerprint density at radius 2 is 2.21 bits per heavy atom. The fourth-order valence-electron chi connectivity index (χ4n) is 1.63. The van der Waals surface area contributed by atoms with E-state index in [-0.39, 0.29) is 5.56 Å². The molecule has 0 aliphatic carbocycles. The molecule has 98 valence electrons. The molecule has 19 heavy (non-hydrogen) atoms. The average molecular weight is 323 g/mol. The molecule has 5 heteroatoms. The molecule has 0 radical (unpaired) electrons. The molecule has 0 aliphatic rings. The van der Waals surface area contributed by atoms with Crippen LogP contribution in [0.15, 0.2) is 41.1 Å². The summed E-state index contributed by atoms with van der Waals surface area (Å²) < 4.78 is 14.2. The summed E-state index contributed by atoms with van der Waals surface area (Å²) in [6.07, 6.45) is 3.38. The molecule has 2 rings (SSSR count). The van der Waals surface area contributed by atoms with Crippen LogP contribution in [-0.2, 0) is 6.54 Å². The Kier molecular flexibility index (Phi) is 4.27. The van der Waals surface area contributed by atoms with Gasteiger partial charge in [0.25, 0.3) is 5.91 Å². The number of carbonyl (C=O) groups excluding carboxylic acids is 1. The number of aromatic nitrogens is 1. The summed E-state index contributed by atoms with van der Waals surface area (Å²) in [4.78, 5) is 15.9. The van der Waals surface area contributed by atoms with Gasteiger partial charge in [-0.05, 0) is 42.3 Å². The van der Waals surface area contributed by atoms with E-state index < -0.39 is 11.7 Å². The van der Waals surface area contributed by atoms with Gasteiger partial charge in [-0.25, -0.2) is 4.39 Å². The van der Waals surface area contributed by atoms with Crippen molar-refractivity contribution < 1.29 is 9.18 Å². The second-order valence-electron chi connectivity index (χ2n) is 4.11. The average Bonchev–Trinajstić information content (AvgIpc) is 2.37. The highest BCUT2D eigenvalue weighted by Crippen LogP contribution is 2.15. The molecular formula is C14H12BrFN2O. The zero-order valence-electron chi connectivity index (χ0n) is 10.3. The lowest BCUT2D eigenvalue weighted by atomic mass is 10.1. The van der Waals surface area contributed by atoms with Crippen LogP contribution < -0.4 is 5.32 Å². The normalized spacial score (nSPS) is 10.3. The van der Waals surface area contributed by atoms with Crippen molar-refractivity contribution in [3.63, 3.8) is 0 Å². The molecule has 3 nitrogen and oxygen atoms in total. The summed E-state index contributed by atoms with van der Waals surface area (Å²) in [7, 11) is 0. The summed E-state index contributed by atoms with van der Waals surface area (Å²) in [6, 6.07) is 6.21. The Bertz CT molecular complexity index is 616. The third-order valence-electron chi connectivity index (χ3n) is 2.76. The van der Waals surface area contributed by atoms with Gasteiger partial charge in [0.15, 0.2) is 0 Å². The predicted octanol–water partition coefficient (Wildman–Crippen LogP) is 3.22. The number of carbonyl (C=O) groups is 1. The van der Waals surface area contributed by atoms with Crippen molar-refractivity contribution in [2.24, 2.45) is 0 Å². The zero-order valence-corrected chi connectivity index (χ0v) is 11.9. The Labute approximate surface area is 119 Å². The van der Waals surface area contributed by atoms with Gasteiger partial charge in [-0.15, -0.1) is 0 Å². The molecule has 1 heterocycles. The molecule has 1 aromatic heterocycles. The molecule has 0 saturated carbocycles. The number of hydrogen-bond acceptors (Lipinski definition) is 2. The lowest BCUT2D eigenvalue weighted by Gasteiger charge is -2.08. The van der Waals surface area contributed by atoms with Crippen LogP contribution in [0.3, 0.4) is 0 Å². The molecule has 0 aliphatic heterocycles. The van der Waals surface area contributed by atoms with Gasteiger partial charge in [0.05, 0.1) is 5.56 Å². The number of rotatable bonds is 3. The van der Waals surface area contributed by atoms with Crippen LogP contribution in [0, 0.1) is 12.7 Å². The Morgan fingerprint density at radius 3 is 2.89 bits per heavy atom. The summed E-state index contributed by atoms with van der Waals surface area (Å²) >= 11 is 3.15. The fourth-order valence-corrected chi connectivity index (χ4v) is 1.96. The molecule has 0 unspecified atom stereocenters. The van der Waals surface area contributed by atoms with E-state index in [4.69, 9.17) is 0 Å². The van der Waals surface area contributed by atoms with Crippen LogP contribution in [0.25, 0.3) is 0 Å². The van der Waals surface area contributed by atoms with Crippen LogP contribution in [0.5, 0.6) is 0 Å². The first-order chi connectivity index (χ1) is 9.08. The van der Waals surface area contributed by atoms with Crippen molar-refractivity contribution >= 4 is 21.8 Å². The van der Waals surface area contributed by atoms with Crippen LogP contribution in [0.2, 0.25) is 0 Å². The van der Waals surface area contributed by atoms with Crippen LogP contribution in [0.1, 0.15) is 21.5 Å². The third-order valence-corrected chi connectivity index (χ3v) is 3.26. The quantitative estimate of drug-likeness (QED) is 0.942. The molecule has 0 bridgehead atoms. The van der Waals surface area contributed by atoms with Gasteiger partial charge < -0.3 is 5.32 Å². The molecule has 0 spiro atoms. The van der Waals surface area contributed by atoms with E-state index in [0.29, 0.717) is 11.0 Å². The Hall–Kier alpha value is -1.75. The predicted molar refractivity (Wildman–Crippen MR) is 74.2 cm³/mol. The first-order valence-electron chi connectivity index (χ1n) is 5.70. The van der Waals surface area contributed by atoms with Crippen molar-refractivity contribution in [3.8, 4) is 0 Å². The number of halogens is 2. The summed E-state index contributed by atoms with van der Waals surface area (Å²) in [5.74, 6) is -0.983. The molecule has 0 fully saturated rings. The first kappa shape index (κ1) is 13.7. The molecule has 2 aromatic rings. The Morgan fingerprint density at radius 1 is 1.42 bits per heavy atom. The van der Waals surface area contributed by atoms with Gasteiger partial charge in [0.1, 0.15) is 5.82 Å². The number of aryl methyl sites for hydroxylation is 1. The highest BCUT2D eigenvalue weighted by atomic mass is 79.9. The number of nitrogens with one attached hydrogen (secondary N) is 1. The summed E-state index contributed by atoms with van der Waals surface area (Å²) in [6.45, 7) is 2.26. The van der Waals surface area contributed by atoms with E-state index in [1.54, 1.807) is 18.5 Å². The van der Waals surface area contributed by atoms with Gasteiger partial charge in [-0.1, -0.05) is 15.9 Å². The third kappa shape index (κ3) is 3.38. The summed E-state index contributed by atoms with van der Waals surface area (Å²) in [5.41, 5.74) is 1.98. The van der Waals surface area contributed by atoms with Gasteiger partial charge in [-0.2, -0.15) is 0 Å². The smallest absolute Gasteiger partial charge is 0.254 e. The number of hydrogen-bond donors (Lipinski definition) is 1. The number of pyridine rings is 1. The van der Waals surface area contributed by atoms with Crippen LogP contribution in [-0.4, -0.2) is 10.9 Å². The van der Waals surface area contributed by atoms with Crippen molar-refractivity contribution in [1.82, 2.24) is 10.3 Å². The zero-order chi connectivity index (χ0) is 13.8. The maximum atomic E-state index is 13.6. The number of nitrogens with zero attached hydrogens (tertiary/aromatic N) is 1. The SMILES string of the molecule is Cc1ccncc1CNC(=O)c1ccc(Br)cc1F. The van der Waals surface area contributed by atoms with Gasteiger partial charge >= 0.3 is 0 Å². The minimum atomic E-state index is -0.546. The minimum absolute atomic E-state index is 0.0322. The topological polar surface area (TPSA) is 42.0 Å². The summed E-state index contributed by atoms with van der Waals surface area (Å²) in [5, 5.41) is 2.68. The standard InChI is InChI=1S/C14H12BrFN2O/c1-9-4-5-17-7-10(9)8-18-14(19)12-3-2-11(15)6-13(12)16/h2-7H,8H2,1H3,(H,18,19).